The van der Waals surface area contributed by atoms with Gasteiger partial charge in [-0.25, -0.2) is 14.8 Å². The van der Waals surface area contributed by atoms with Crippen molar-refractivity contribution in [3.63, 3.8) is 0 Å². The van der Waals surface area contributed by atoms with Crippen LogP contribution in [0.3, 0.4) is 0 Å². The van der Waals surface area contributed by atoms with Crippen molar-refractivity contribution in [1.29, 1.82) is 0 Å². The molecule has 8 heteroatoms. The normalized spacial score (nSPS) is 14.5. The first kappa shape index (κ1) is 20.7. The predicted octanol–water partition coefficient (Wildman–Crippen LogP) is 5.93. The molecule has 2 aromatic carbocycles. The molecule has 6 nitrogen and oxygen atoms in total. The fraction of sp³-hybridized carbons (Fsp3) is 0.167. The number of hydrogen-bond donors (Lipinski definition) is 2. The molecule has 0 bridgehead atoms. The van der Waals surface area contributed by atoms with Crippen LogP contribution in [0.5, 0.6) is 0 Å². The van der Waals surface area contributed by atoms with Gasteiger partial charge in [-0.3, -0.25) is 5.43 Å². The number of nitrogens with zero attached hydrogens (tertiary/aromatic N) is 3. The number of aromatic carboxylic acids is 1. The number of aryl methyl sites for hydroxylation is 1. The Bertz CT molecular complexity index is 1330. The minimum Gasteiger partial charge on any atom is -0.476 e. The van der Waals surface area contributed by atoms with Gasteiger partial charge >= 0.3 is 5.97 Å². The van der Waals surface area contributed by atoms with Crippen molar-refractivity contribution in [2.24, 2.45) is 5.10 Å². The predicted molar refractivity (Wildman–Crippen MR) is 131 cm³/mol. The van der Waals surface area contributed by atoms with Gasteiger partial charge in [0, 0.05) is 16.0 Å². The largest absolute Gasteiger partial charge is 0.476 e. The molecular weight excluding hydrogens is 440 g/mol. The number of carboxylic acid groups (broad SMARTS) is 1. The highest BCUT2D eigenvalue weighted by Gasteiger charge is 2.19. The molecule has 2 aromatic heterocycles. The number of carboxylic acids is 1. The molecule has 0 saturated carbocycles. The van der Waals surface area contributed by atoms with Crippen molar-refractivity contribution in [3.8, 4) is 11.3 Å². The molecule has 0 fully saturated rings. The molecule has 0 amide bonds. The molecule has 160 valence electrons. The molecule has 0 atom stereocenters. The van der Waals surface area contributed by atoms with Crippen molar-refractivity contribution in [2.45, 2.75) is 24.2 Å². The highest BCUT2D eigenvalue weighted by Crippen LogP contribution is 2.30. The van der Waals surface area contributed by atoms with Crippen LogP contribution >= 0.6 is 23.1 Å². The van der Waals surface area contributed by atoms with Gasteiger partial charge in [0.05, 0.1) is 21.6 Å². The van der Waals surface area contributed by atoms with Gasteiger partial charge in [0.25, 0.3) is 0 Å². The number of rotatable bonds is 5. The topological polar surface area (TPSA) is 87.5 Å². The Balaban J connectivity index is 1.49. The number of aromatic nitrogens is 2. The first-order valence-electron chi connectivity index (χ1n) is 10.2. The van der Waals surface area contributed by atoms with Gasteiger partial charge in [0.15, 0.2) is 5.69 Å². The smallest absolute Gasteiger partial charge is 0.355 e. The van der Waals surface area contributed by atoms with Gasteiger partial charge < -0.3 is 5.11 Å². The number of para-hydroxylation sites is 1. The van der Waals surface area contributed by atoms with E-state index in [-0.39, 0.29) is 5.69 Å². The first-order chi connectivity index (χ1) is 15.6. The van der Waals surface area contributed by atoms with Crippen LogP contribution in [-0.4, -0.2) is 33.0 Å². The third-order valence-electron chi connectivity index (χ3n) is 5.44. The van der Waals surface area contributed by atoms with Crippen LogP contribution in [0, 0.1) is 0 Å². The minimum atomic E-state index is -1.02. The molecular formula is C24H20N4O2S2. The van der Waals surface area contributed by atoms with E-state index in [9.17, 15) is 9.90 Å². The van der Waals surface area contributed by atoms with E-state index in [1.54, 1.807) is 11.3 Å². The zero-order valence-electron chi connectivity index (χ0n) is 17.3. The van der Waals surface area contributed by atoms with Gasteiger partial charge in [-0.1, -0.05) is 35.6 Å². The van der Waals surface area contributed by atoms with Crippen molar-refractivity contribution < 1.29 is 9.90 Å². The molecule has 2 heterocycles. The van der Waals surface area contributed by atoms with Gasteiger partial charge in [-0.05, 0) is 61.4 Å². The van der Waals surface area contributed by atoms with E-state index in [4.69, 9.17) is 5.10 Å². The molecule has 32 heavy (non-hydrogen) atoms. The van der Waals surface area contributed by atoms with Crippen LogP contribution in [0.4, 0.5) is 5.13 Å². The number of pyridine rings is 1. The zero-order chi connectivity index (χ0) is 22.1. The summed E-state index contributed by atoms with van der Waals surface area (Å²) in [6.07, 6.45) is 4.75. The second kappa shape index (κ2) is 8.72. The third kappa shape index (κ3) is 3.99. The van der Waals surface area contributed by atoms with E-state index >= 15 is 0 Å². The molecule has 0 spiro atoms. The lowest BCUT2D eigenvalue weighted by atomic mass is 9.88. The Hall–Kier alpha value is -3.23. The number of nitrogens with one attached hydrogen (secondary N) is 1. The fourth-order valence-electron chi connectivity index (χ4n) is 3.88. The lowest BCUT2D eigenvalue weighted by Crippen LogP contribution is -2.14. The van der Waals surface area contributed by atoms with Crippen LogP contribution in [0.25, 0.3) is 21.5 Å². The van der Waals surface area contributed by atoms with Crippen LogP contribution < -0.4 is 5.43 Å². The highest BCUT2D eigenvalue weighted by atomic mass is 32.2. The van der Waals surface area contributed by atoms with Gasteiger partial charge in [-0.2, -0.15) is 5.10 Å². The Kier molecular flexibility index (Phi) is 5.63. The van der Waals surface area contributed by atoms with Crippen molar-refractivity contribution >= 4 is 50.1 Å². The number of thioether (sulfide) groups is 1. The summed E-state index contributed by atoms with van der Waals surface area (Å²) >= 11 is 2.96. The molecule has 5 rings (SSSR count). The molecule has 0 unspecified atom stereocenters. The number of hydrogen-bond acceptors (Lipinski definition) is 7. The molecule has 0 radical (unpaired) electrons. The lowest BCUT2D eigenvalue weighted by Gasteiger charge is -2.19. The van der Waals surface area contributed by atoms with Crippen molar-refractivity contribution in [3.05, 3.63) is 71.4 Å². The Morgan fingerprint density at radius 2 is 2.00 bits per heavy atom. The number of thiazole rings is 1. The SMILES string of the molecule is CSc1ccc(-c2ccc3c(c2)/C(=N/Nc2nc4ccccc4s2)CCC3)nc1C(=O)O. The molecule has 1 aliphatic carbocycles. The molecule has 1 aliphatic rings. The average molecular weight is 461 g/mol. The molecule has 0 aliphatic heterocycles. The number of fused-ring (bicyclic) bond motifs is 2. The minimum absolute atomic E-state index is 0.0825. The van der Waals surface area contributed by atoms with Gasteiger partial charge in [-0.15, -0.1) is 11.8 Å². The standard InChI is InChI=1S/C24H20N4O2S2/c1-31-21-12-11-17(25-22(21)23(29)30)15-10-9-14-5-4-7-18(16(14)13-15)27-28-24-26-19-6-2-3-8-20(19)32-24/h2-3,6,8-13H,4-5,7H2,1H3,(H,26,28)(H,29,30)/b27-18+. The summed E-state index contributed by atoms with van der Waals surface area (Å²) in [6.45, 7) is 0. The Morgan fingerprint density at radius 1 is 1.12 bits per heavy atom. The maximum atomic E-state index is 11.6. The summed E-state index contributed by atoms with van der Waals surface area (Å²) in [5, 5.41) is 15.0. The van der Waals surface area contributed by atoms with Gasteiger partial charge in [0.2, 0.25) is 5.13 Å². The number of anilines is 1. The lowest BCUT2D eigenvalue weighted by molar-refractivity contribution is 0.0686. The fourth-order valence-corrected chi connectivity index (χ4v) is 5.22. The second-order valence-electron chi connectivity index (χ2n) is 7.44. The van der Waals surface area contributed by atoms with E-state index in [0.29, 0.717) is 10.6 Å². The Morgan fingerprint density at radius 3 is 2.81 bits per heavy atom. The summed E-state index contributed by atoms with van der Waals surface area (Å²) in [6, 6.07) is 17.9. The van der Waals surface area contributed by atoms with Crippen LogP contribution in [0.1, 0.15) is 34.5 Å². The zero-order valence-corrected chi connectivity index (χ0v) is 19.0. The highest BCUT2D eigenvalue weighted by molar-refractivity contribution is 7.98. The number of hydrazone groups is 1. The van der Waals surface area contributed by atoms with Gasteiger partial charge in [0.1, 0.15) is 0 Å². The summed E-state index contributed by atoms with van der Waals surface area (Å²) < 4.78 is 1.12. The van der Waals surface area contributed by atoms with E-state index in [0.717, 1.165) is 51.4 Å². The third-order valence-corrected chi connectivity index (χ3v) is 7.15. The first-order valence-corrected chi connectivity index (χ1v) is 12.3. The van der Waals surface area contributed by atoms with E-state index < -0.39 is 5.97 Å². The van der Waals surface area contributed by atoms with Crippen molar-refractivity contribution in [1.82, 2.24) is 9.97 Å². The molecule has 0 saturated heterocycles. The van der Waals surface area contributed by atoms with Crippen LogP contribution in [0.2, 0.25) is 0 Å². The second-order valence-corrected chi connectivity index (χ2v) is 9.31. The van der Waals surface area contributed by atoms with Crippen LogP contribution in [-0.2, 0) is 6.42 Å². The number of benzene rings is 2. The molecule has 2 N–H and O–H groups in total. The quantitative estimate of drug-likeness (QED) is 0.283. The average Bonchev–Trinajstić information content (AvgIpc) is 3.25. The summed E-state index contributed by atoms with van der Waals surface area (Å²) in [5.41, 5.74) is 9.01. The number of carbonyl (C=O) groups is 1. The van der Waals surface area contributed by atoms with E-state index in [1.165, 1.54) is 17.3 Å². The molecule has 4 aromatic rings. The van der Waals surface area contributed by atoms with Crippen molar-refractivity contribution in [2.75, 3.05) is 11.7 Å². The Labute approximate surface area is 193 Å². The van der Waals surface area contributed by atoms with Crippen LogP contribution in [0.15, 0.2) is 64.6 Å². The van der Waals surface area contributed by atoms with E-state index in [1.807, 2.05) is 48.7 Å². The van der Waals surface area contributed by atoms with E-state index in [2.05, 4.69) is 27.5 Å². The monoisotopic (exact) mass is 460 g/mol. The summed E-state index contributed by atoms with van der Waals surface area (Å²) in [7, 11) is 0. The maximum absolute atomic E-state index is 11.6. The maximum Gasteiger partial charge on any atom is 0.355 e. The summed E-state index contributed by atoms with van der Waals surface area (Å²) in [5.74, 6) is -1.02. The summed E-state index contributed by atoms with van der Waals surface area (Å²) in [4.78, 5) is 21.3.